The minimum atomic E-state index is -0.410. The third-order valence-electron chi connectivity index (χ3n) is 3.85. The molecule has 2 aromatic carbocycles. The molecular weight excluding hydrogens is 295 g/mol. The average Bonchev–Trinajstić information content (AvgIpc) is 2.61. The second-order valence-electron chi connectivity index (χ2n) is 5.46. The number of morpholine rings is 1. The molecule has 1 fully saturated rings. The largest absolute Gasteiger partial charge is 0.378 e. The standard InChI is InChI=1S/C18H19FN2O2/c19-16-3-1-2-15(12-16)18(22)20-13-14-4-6-17(7-5-14)21-8-10-23-11-9-21/h1-7,12H,8-11,13H2,(H,20,22). The number of hydrogen-bond donors (Lipinski definition) is 1. The number of hydrogen-bond acceptors (Lipinski definition) is 3. The molecule has 1 aliphatic rings. The van der Waals surface area contributed by atoms with Crippen molar-refractivity contribution in [1.29, 1.82) is 0 Å². The van der Waals surface area contributed by atoms with E-state index in [1.165, 1.54) is 18.2 Å². The summed E-state index contributed by atoms with van der Waals surface area (Å²) in [6.07, 6.45) is 0. The maximum Gasteiger partial charge on any atom is 0.251 e. The second-order valence-corrected chi connectivity index (χ2v) is 5.46. The molecule has 0 spiro atoms. The highest BCUT2D eigenvalue weighted by atomic mass is 19.1. The molecular formula is C18H19FN2O2. The van der Waals surface area contributed by atoms with Gasteiger partial charge in [0.05, 0.1) is 13.2 Å². The minimum Gasteiger partial charge on any atom is -0.378 e. The fourth-order valence-corrected chi connectivity index (χ4v) is 2.56. The molecule has 0 unspecified atom stereocenters. The van der Waals surface area contributed by atoms with E-state index in [-0.39, 0.29) is 5.91 Å². The number of halogens is 1. The number of nitrogens with zero attached hydrogens (tertiary/aromatic N) is 1. The topological polar surface area (TPSA) is 41.6 Å². The maximum absolute atomic E-state index is 13.1. The Kier molecular flexibility index (Phi) is 4.88. The summed E-state index contributed by atoms with van der Waals surface area (Å²) in [5.74, 6) is -0.686. The van der Waals surface area contributed by atoms with Crippen LogP contribution in [0.5, 0.6) is 0 Å². The van der Waals surface area contributed by atoms with Crippen LogP contribution in [0.1, 0.15) is 15.9 Å². The van der Waals surface area contributed by atoms with Crippen LogP contribution in [0.4, 0.5) is 10.1 Å². The first kappa shape index (κ1) is 15.5. The van der Waals surface area contributed by atoms with Crippen molar-refractivity contribution in [1.82, 2.24) is 5.32 Å². The summed E-state index contributed by atoms with van der Waals surface area (Å²) < 4.78 is 18.5. The van der Waals surface area contributed by atoms with E-state index < -0.39 is 5.82 Å². The smallest absolute Gasteiger partial charge is 0.251 e. The van der Waals surface area contributed by atoms with E-state index in [1.807, 2.05) is 12.1 Å². The predicted molar refractivity (Wildman–Crippen MR) is 87.0 cm³/mol. The average molecular weight is 314 g/mol. The third kappa shape index (κ3) is 4.07. The van der Waals surface area contributed by atoms with Crippen LogP contribution in [0, 0.1) is 5.82 Å². The molecule has 2 aromatic rings. The van der Waals surface area contributed by atoms with Crippen LogP contribution in [0.2, 0.25) is 0 Å². The summed E-state index contributed by atoms with van der Waals surface area (Å²) >= 11 is 0. The number of nitrogens with one attached hydrogen (secondary N) is 1. The molecule has 0 radical (unpaired) electrons. The van der Waals surface area contributed by atoms with E-state index in [9.17, 15) is 9.18 Å². The SMILES string of the molecule is O=C(NCc1ccc(N2CCOCC2)cc1)c1cccc(F)c1. The first-order valence-electron chi connectivity index (χ1n) is 7.68. The van der Waals surface area contributed by atoms with Gasteiger partial charge in [-0.15, -0.1) is 0 Å². The molecule has 0 aromatic heterocycles. The highest BCUT2D eigenvalue weighted by molar-refractivity contribution is 5.94. The van der Waals surface area contributed by atoms with Crippen molar-refractivity contribution in [2.45, 2.75) is 6.54 Å². The van der Waals surface area contributed by atoms with Crippen molar-refractivity contribution in [3.63, 3.8) is 0 Å². The summed E-state index contributed by atoms with van der Waals surface area (Å²) in [6, 6.07) is 13.8. The summed E-state index contributed by atoms with van der Waals surface area (Å²) in [7, 11) is 0. The first-order chi connectivity index (χ1) is 11.2. The molecule has 0 aliphatic carbocycles. The van der Waals surface area contributed by atoms with Crippen LogP contribution in [-0.4, -0.2) is 32.2 Å². The van der Waals surface area contributed by atoms with Gasteiger partial charge in [-0.25, -0.2) is 4.39 Å². The molecule has 23 heavy (non-hydrogen) atoms. The lowest BCUT2D eigenvalue weighted by Crippen LogP contribution is -2.36. The van der Waals surface area contributed by atoms with E-state index in [0.717, 1.165) is 37.6 Å². The molecule has 0 atom stereocenters. The Morgan fingerprint density at radius 2 is 1.87 bits per heavy atom. The van der Waals surface area contributed by atoms with Crippen LogP contribution in [0.3, 0.4) is 0 Å². The monoisotopic (exact) mass is 314 g/mol. The van der Waals surface area contributed by atoms with Gasteiger partial charge in [0.1, 0.15) is 5.82 Å². The first-order valence-corrected chi connectivity index (χ1v) is 7.68. The lowest BCUT2D eigenvalue weighted by Gasteiger charge is -2.28. The number of amides is 1. The Morgan fingerprint density at radius 1 is 1.13 bits per heavy atom. The summed E-state index contributed by atoms with van der Waals surface area (Å²) in [5.41, 5.74) is 2.50. The Bertz CT molecular complexity index is 667. The Labute approximate surface area is 134 Å². The van der Waals surface area contributed by atoms with Crippen LogP contribution in [-0.2, 0) is 11.3 Å². The molecule has 1 aliphatic heterocycles. The van der Waals surface area contributed by atoms with Crippen LogP contribution in [0.25, 0.3) is 0 Å². The van der Waals surface area contributed by atoms with Crippen molar-refractivity contribution in [2.24, 2.45) is 0 Å². The van der Waals surface area contributed by atoms with Crippen LogP contribution in [0.15, 0.2) is 48.5 Å². The van der Waals surface area contributed by atoms with Crippen molar-refractivity contribution in [3.8, 4) is 0 Å². The van der Waals surface area contributed by atoms with Gasteiger partial charge in [0.25, 0.3) is 5.91 Å². The zero-order valence-corrected chi connectivity index (χ0v) is 12.8. The molecule has 1 saturated heterocycles. The van der Waals surface area contributed by atoms with Crippen LogP contribution < -0.4 is 10.2 Å². The molecule has 120 valence electrons. The summed E-state index contributed by atoms with van der Waals surface area (Å²) in [6.45, 7) is 3.72. The van der Waals surface area contributed by atoms with Crippen molar-refractivity contribution in [3.05, 3.63) is 65.5 Å². The number of carbonyl (C=O) groups is 1. The lowest BCUT2D eigenvalue weighted by molar-refractivity contribution is 0.0950. The van der Waals surface area contributed by atoms with Gasteiger partial charge in [0.15, 0.2) is 0 Å². The predicted octanol–water partition coefficient (Wildman–Crippen LogP) is 2.59. The van der Waals surface area contributed by atoms with E-state index in [2.05, 4.69) is 22.3 Å². The number of carbonyl (C=O) groups excluding carboxylic acids is 1. The maximum atomic E-state index is 13.1. The Hall–Kier alpha value is -2.40. The summed E-state index contributed by atoms with van der Waals surface area (Å²) in [5, 5.41) is 2.80. The van der Waals surface area contributed by atoms with E-state index in [1.54, 1.807) is 6.07 Å². The second kappa shape index (κ2) is 7.24. The van der Waals surface area contributed by atoms with E-state index >= 15 is 0 Å². The minimum absolute atomic E-state index is 0.276. The van der Waals surface area contributed by atoms with Gasteiger partial charge in [0.2, 0.25) is 0 Å². The molecule has 1 heterocycles. The summed E-state index contributed by atoms with van der Waals surface area (Å²) in [4.78, 5) is 14.3. The zero-order chi connectivity index (χ0) is 16.1. The highest BCUT2D eigenvalue weighted by Crippen LogP contribution is 2.16. The number of anilines is 1. The molecule has 0 bridgehead atoms. The quantitative estimate of drug-likeness (QED) is 0.943. The lowest BCUT2D eigenvalue weighted by atomic mass is 10.1. The van der Waals surface area contributed by atoms with E-state index in [4.69, 9.17) is 4.74 Å². The highest BCUT2D eigenvalue weighted by Gasteiger charge is 2.11. The van der Waals surface area contributed by atoms with Crippen LogP contribution >= 0.6 is 0 Å². The van der Waals surface area contributed by atoms with Crippen molar-refractivity contribution < 1.29 is 13.9 Å². The third-order valence-corrected chi connectivity index (χ3v) is 3.85. The van der Waals surface area contributed by atoms with Crippen molar-refractivity contribution >= 4 is 11.6 Å². The van der Waals surface area contributed by atoms with Gasteiger partial charge in [-0.1, -0.05) is 18.2 Å². The Balaban J connectivity index is 1.57. The number of ether oxygens (including phenoxy) is 1. The fraction of sp³-hybridized carbons (Fsp3) is 0.278. The molecule has 3 rings (SSSR count). The molecule has 1 N–H and O–H groups in total. The van der Waals surface area contributed by atoms with Gasteiger partial charge in [-0.2, -0.15) is 0 Å². The van der Waals surface area contributed by atoms with Gasteiger partial charge >= 0.3 is 0 Å². The van der Waals surface area contributed by atoms with Crippen molar-refractivity contribution in [2.75, 3.05) is 31.2 Å². The van der Waals surface area contributed by atoms with E-state index in [0.29, 0.717) is 12.1 Å². The van der Waals surface area contributed by atoms with Gasteiger partial charge in [-0.05, 0) is 35.9 Å². The van der Waals surface area contributed by atoms with Gasteiger partial charge in [-0.3, -0.25) is 4.79 Å². The molecule has 1 amide bonds. The number of rotatable bonds is 4. The number of benzene rings is 2. The molecule has 4 nitrogen and oxygen atoms in total. The normalized spacial score (nSPS) is 14.6. The van der Waals surface area contributed by atoms with Gasteiger partial charge < -0.3 is 15.0 Å². The molecule has 5 heteroatoms. The Morgan fingerprint density at radius 3 is 2.57 bits per heavy atom. The fourth-order valence-electron chi connectivity index (χ4n) is 2.56. The molecule has 0 saturated carbocycles. The zero-order valence-electron chi connectivity index (χ0n) is 12.8. The van der Waals surface area contributed by atoms with Gasteiger partial charge in [0, 0.05) is 30.9 Å².